The molecule has 0 saturated heterocycles. The molecule has 6 nitrogen and oxygen atoms in total. The monoisotopic (exact) mass is 402 g/mol. The summed E-state index contributed by atoms with van der Waals surface area (Å²) in [4.78, 5) is 0. The highest BCUT2D eigenvalue weighted by molar-refractivity contribution is 7.71. The van der Waals surface area contributed by atoms with Crippen molar-refractivity contribution in [3.05, 3.63) is 76.6 Å². The first-order valence-electron chi connectivity index (χ1n) is 9.35. The number of aromatic amines is 2. The van der Waals surface area contributed by atoms with Gasteiger partial charge in [-0.3, -0.25) is 5.10 Å². The molecule has 0 unspecified atom stereocenters. The fourth-order valence-electron chi connectivity index (χ4n) is 2.96. The summed E-state index contributed by atoms with van der Waals surface area (Å²) >= 11 is 5.35. The molecule has 0 bridgehead atoms. The number of rotatable bonds is 4. The second-order valence-electron chi connectivity index (χ2n) is 7.81. The van der Waals surface area contributed by atoms with E-state index in [-0.39, 0.29) is 5.41 Å². The molecular weight excluding hydrogens is 380 g/mol. The molecule has 2 heterocycles. The van der Waals surface area contributed by atoms with Gasteiger partial charge < -0.3 is 0 Å². The topological polar surface area (TPSA) is 74.7 Å². The molecule has 29 heavy (non-hydrogen) atoms. The van der Waals surface area contributed by atoms with Gasteiger partial charge in [0.15, 0.2) is 0 Å². The van der Waals surface area contributed by atoms with E-state index in [2.05, 4.69) is 70.5 Å². The summed E-state index contributed by atoms with van der Waals surface area (Å²) < 4.78 is 2.01. The van der Waals surface area contributed by atoms with Crippen LogP contribution in [-0.2, 0) is 5.41 Å². The van der Waals surface area contributed by atoms with Crippen molar-refractivity contribution in [1.82, 2.24) is 25.1 Å². The lowest BCUT2D eigenvalue weighted by atomic mass is 9.87. The quantitative estimate of drug-likeness (QED) is 0.365. The van der Waals surface area contributed by atoms with Crippen molar-refractivity contribution >= 4 is 18.4 Å². The van der Waals surface area contributed by atoms with Gasteiger partial charge in [0.25, 0.3) is 0 Å². The molecule has 0 spiro atoms. The molecular formula is C22H22N6S. The maximum Gasteiger partial charge on any atom is 0.216 e. The largest absolute Gasteiger partial charge is 0.274 e. The van der Waals surface area contributed by atoms with Crippen LogP contribution < -0.4 is 0 Å². The molecule has 0 aliphatic rings. The molecule has 4 aromatic rings. The lowest BCUT2D eigenvalue weighted by Gasteiger charge is -2.18. The van der Waals surface area contributed by atoms with Crippen molar-refractivity contribution in [2.24, 2.45) is 5.10 Å². The lowest BCUT2D eigenvalue weighted by Crippen LogP contribution is -2.10. The summed E-state index contributed by atoms with van der Waals surface area (Å²) in [5.74, 6) is 0.576. The molecule has 4 rings (SSSR count). The van der Waals surface area contributed by atoms with Crippen molar-refractivity contribution in [2.45, 2.75) is 26.2 Å². The molecule has 0 radical (unpaired) electrons. The fraction of sp³-hybridized carbons (Fsp3) is 0.182. The highest BCUT2D eigenvalue weighted by atomic mass is 32.1. The Hall–Kier alpha value is -3.32. The Morgan fingerprint density at radius 3 is 2.38 bits per heavy atom. The van der Waals surface area contributed by atoms with Crippen molar-refractivity contribution in [3.8, 4) is 22.8 Å². The second-order valence-corrected chi connectivity index (χ2v) is 8.20. The van der Waals surface area contributed by atoms with Gasteiger partial charge in [-0.1, -0.05) is 75.4 Å². The van der Waals surface area contributed by atoms with E-state index in [9.17, 15) is 0 Å². The van der Waals surface area contributed by atoms with Gasteiger partial charge in [0.1, 0.15) is 5.69 Å². The van der Waals surface area contributed by atoms with Crippen LogP contribution in [0.4, 0.5) is 0 Å². The SMILES string of the molecule is CC(C)(C)c1ccc(/C=N/n2c(-c3cc(-c4ccccc4)n[nH]3)n[nH]c2=S)cc1. The number of hydrogen-bond acceptors (Lipinski definition) is 4. The Morgan fingerprint density at radius 1 is 0.966 bits per heavy atom. The first kappa shape index (κ1) is 19.0. The normalized spacial score (nSPS) is 12.0. The summed E-state index contributed by atoms with van der Waals surface area (Å²) in [7, 11) is 0. The van der Waals surface area contributed by atoms with E-state index in [1.165, 1.54) is 5.56 Å². The van der Waals surface area contributed by atoms with E-state index in [0.717, 1.165) is 22.5 Å². The standard InChI is InChI=1S/C22H22N6S/c1-22(2,3)17-11-9-15(10-12-17)14-23-28-20(26-27-21(28)29)19-13-18(24-25-19)16-7-5-4-6-8-16/h4-14H,1-3H3,(H,24,25)(H,27,29)/b23-14+. The van der Waals surface area contributed by atoms with Gasteiger partial charge in [-0.05, 0) is 34.8 Å². The minimum absolute atomic E-state index is 0.118. The third kappa shape index (κ3) is 4.09. The molecule has 0 aliphatic carbocycles. The number of benzene rings is 2. The highest BCUT2D eigenvalue weighted by Crippen LogP contribution is 2.23. The molecule has 2 aromatic heterocycles. The van der Waals surface area contributed by atoms with Gasteiger partial charge in [-0.2, -0.15) is 20.0 Å². The molecule has 7 heteroatoms. The average molecular weight is 403 g/mol. The first-order chi connectivity index (χ1) is 13.9. The van der Waals surface area contributed by atoms with Gasteiger partial charge >= 0.3 is 0 Å². The van der Waals surface area contributed by atoms with Gasteiger partial charge in [0.2, 0.25) is 10.6 Å². The van der Waals surface area contributed by atoms with Crippen LogP contribution in [0.1, 0.15) is 31.9 Å². The first-order valence-corrected chi connectivity index (χ1v) is 9.76. The van der Waals surface area contributed by atoms with Crippen LogP contribution in [0.15, 0.2) is 65.8 Å². The van der Waals surface area contributed by atoms with Crippen LogP contribution in [0.25, 0.3) is 22.8 Å². The molecule has 0 amide bonds. The van der Waals surface area contributed by atoms with Crippen LogP contribution in [0.2, 0.25) is 0 Å². The van der Waals surface area contributed by atoms with Crippen molar-refractivity contribution in [1.29, 1.82) is 0 Å². The Bertz CT molecular complexity index is 1190. The molecule has 0 saturated carbocycles. The third-order valence-corrected chi connectivity index (χ3v) is 4.90. The highest BCUT2D eigenvalue weighted by Gasteiger charge is 2.14. The van der Waals surface area contributed by atoms with Crippen molar-refractivity contribution < 1.29 is 0 Å². The summed E-state index contributed by atoms with van der Waals surface area (Å²) in [5, 5.41) is 19.1. The van der Waals surface area contributed by atoms with E-state index in [1.807, 2.05) is 36.4 Å². The van der Waals surface area contributed by atoms with Crippen LogP contribution in [0, 0.1) is 4.77 Å². The maximum atomic E-state index is 5.35. The Kier molecular flexibility index (Phi) is 4.98. The van der Waals surface area contributed by atoms with Gasteiger partial charge in [0.05, 0.1) is 11.9 Å². The number of nitrogens with zero attached hydrogens (tertiary/aromatic N) is 4. The minimum atomic E-state index is 0.118. The zero-order valence-corrected chi connectivity index (χ0v) is 17.4. The zero-order valence-electron chi connectivity index (χ0n) is 16.5. The molecule has 2 aromatic carbocycles. The Balaban J connectivity index is 1.62. The summed E-state index contributed by atoms with van der Waals surface area (Å²) in [5.41, 5.74) is 4.98. The number of nitrogens with one attached hydrogen (secondary N) is 2. The fourth-order valence-corrected chi connectivity index (χ4v) is 3.14. The van der Waals surface area contributed by atoms with Gasteiger partial charge in [-0.15, -0.1) is 0 Å². The van der Waals surface area contributed by atoms with E-state index in [4.69, 9.17) is 12.2 Å². The minimum Gasteiger partial charge on any atom is -0.274 e. The number of aromatic nitrogens is 5. The summed E-state index contributed by atoms with van der Waals surface area (Å²) in [6, 6.07) is 20.2. The van der Waals surface area contributed by atoms with Crippen LogP contribution in [-0.4, -0.2) is 31.3 Å². The molecule has 2 N–H and O–H groups in total. The molecule has 0 fully saturated rings. The predicted octanol–water partition coefficient (Wildman–Crippen LogP) is 5.18. The number of hydrogen-bond donors (Lipinski definition) is 2. The maximum absolute atomic E-state index is 5.35. The van der Waals surface area contributed by atoms with Crippen LogP contribution in [0.5, 0.6) is 0 Å². The van der Waals surface area contributed by atoms with Gasteiger partial charge in [0, 0.05) is 5.56 Å². The second kappa shape index (κ2) is 7.60. The van der Waals surface area contributed by atoms with E-state index in [1.54, 1.807) is 10.9 Å². The smallest absolute Gasteiger partial charge is 0.216 e. The average Bonchev–Trinajstić information content (AvgIpc) is 3.33. The van der Waals surface area contributed by atoms with Crippen molar-refractivity contribution in [2.75, 3.05) is 0 Å². The van der Waals surface area contributed by atoms with E-state index in [0.29, 0.717) is 10.6 Å². The molecule has 0 atom stereocenters. The summed E-state index contributed by atoms with van der Waals surface area (Å²) in [6.07, 6.45) is 1.77. The van der Waals surface area contributed by atoms with Crippen LogP contribution >= 0.6 is 12.2 Å². The van der Waals surface area contributed by atoms with Crippen LogP contribution in [0.3, 0.4) is 0 Å². The van der Waals surface area contributed by atoms with Crippen molar-refractivity contribution in [3.63, 3.8) is 0 Å². The third-order valence-electron chi connectivity index (χ3n) is 4.64. The predicted molar refractivity (Wildman–Crippen MR) is 119 cm³/mol. The zero-order chi connectivity index (χ0) is 20.4. The number of H-pyrrole nitrogens is 2. The van der Waals surface area contributed by atoms with Gasteiger partial charge in [-0.25, -0.2) is 5.10 Å². The van der Waals surface area contributed by atoms with E-state index >= 15 is 0 Å². The summed E-state index contributed by atoms with van der Waals surface area (Å²) in [6.45, 7) is 6.59. The van der Waals surface area contributed by atoms with E-state index < -0.39 is 0 Å². The Morgan fingerprint density at radius 2 is 1.69 bits per heavy atom. The molecule has 0 aliphatic heterocycles. The molecule has 146 valence electrons. The lowest BCUT2D eigenvalue weighted by molar-refractivity contribution is 0.590. The Labute approximate surface area is 174 Å².